The Bertz CT molecular complexity index is 614. The molecule has 10 heteroatoms. The number of carbonyl (C=O) groups is 2. The number of thioether (sulfide) groups is 1. The monoisotopic (exact) mass is 292 g/mol. The number of benzene rings is 1. The quantitative estimate of drug-likeness (QED) is 0.390. The Balaban J connectivity index is 2.69. The number of imide groups is 1. The number of fused-ring (bicyclic) bond motifs is 1. The minimum Gasteiger partial charge on any atom is -0.288 e. The highest BCUT2D eigenvalue weighted by Gasteiger charge is 2.40. The fraction of sp³-hybridized carbons (Fsp3) is 0.111. The van der Waals surface area contributed by atoms with Crippen molar-refractivity contribution in [1.82, 2.24) is 5.32 Å². The van der Waals surface area contributed by atoms with E-state index in [-0.39, 0.29) is 5.56 Å². The summed E-state index contributed by atoms with van der Waals surface area (Å²) in [5.74, 6) is -1.95. The molecule has 2 rings (SSSR count). The van der Waals surface area contributed by atoms with E-state index in [1.54, 1.807) is 5.32 Å². The summed E-state index contributed by atoms with van der Waals surface area (Å²) in [7, 11) is 0. The molecule has 6 nitrogen and oxygen atoms in total. The zero-order valence-corrected chi connectivity index (χ0v) is 9.59. The number of nitro benzene ring substituents is 1. The largest absolute Gasteiger partial charge is 0.446 e. The maximum Gasteiger partial charge on any atom is 0.446 e. The predicted molar refractivity (Wildman–Crippen MR) is 56.8 cm³/mol. The molecule has 0 aromatic heterocycles. The lowest BCUT2D eigenvalue weighted by Gasteiger charge is -2.08. The van der Waals surface area contributed by atoms with E-state index in [9.17, 15) is 32.9 Å². The van der Waals surface area contributed by atoms with Crippen LogP contribution in [0.5, 0.6) is 0 Å². The zero-order valence-electron chi connectivity index (χ0n) is 8.78. The Hall–Kier alpha value is -2.10. The number of carbonyl (C=O) groups excluding carboxylic acids is 2. The number of nitro groups is 1. The second-order valence-electron chi connectivity index (χ2n) is 3.42. The summed E-state index contributed by atoms with van der Waals surface area (Å²) >= 11 is -0.788. The topological polar surface area (TPSA) is 89.3 Å². The number of rotatable bonds is 2. The highest BCUT2D eigenvalue weighted by atomic mass is 32.2. The van der Waals surface area contributed by atoms with E-state index in [0.29, 0.717) is 0 Å². The molecule has 0 radical (unpaired) electrons. The van der Waals surface area contributed by atoms with Gasteiger partial charge in [-0.15, -0.1) is 0 Å². The molecular weight excluding hydrogens is 289 g/mol. The first-order valence-electron chi connectivity index (χ1n) is 4.63. The molecule has 1 aliphatic heterocycles. The van der Waals surface area contributed by atoms with Gasteiger partial charge < -0.3 is 0 Å². The van der Waals surface area contributed by atoms with Crippen molar-refractivity contribution >= 4 is 29.3 Å². The van der Waals surface area contributed by atoms with Crippen LogP contribution in [0.2, 0.25) is 0 Å². The third-order valence-electron chi connectivity index (χ3n) is 2.25. The summed E-state index contributed by atoms with van der Waals surface area (Å²) in [4.78, 5) is 31.5. The molecule has 2 amide bonds. The molecule has 1 aromatic rings. The molecule has 0 spiro atoms. The minimum absolute atomic E-state index is 0.303. The van der Waals surface area contributed by atoms with Gasteiger partial charge in [-0.05, 0) is 17.8 Å². The summed E-state index contributed by atoms with van der Waals surface area (Å²) in [5, 5.41) is 12.5. The minimum atomic E-state index is -4.81. The third kappa shape index (κ3) is 2.38. The molecular formula is C9H3F3N2O4S. The lowest BCUT2D eigenvalue weighted by Crippen LogP contribution is -2.20. The first-order valence-corrected chi connectivity index (χ1v) is 5.45. The fourth-order valence-electron chi connectivity index (χ4n) is 1.58. The van der Waals surface area contributed by atoms with Gasteiger partial charge in [-0.2, -0.15) is 13.2 Å². The molecule has 0 bridgehead atoms. The van der Waals surface area contributed by atoms with Crippen LogP contribution in [0.4, 0.5) is 18.9 Å². The molecule has 1 aliphatic rings. The van der Waals surface area contributed by atoms with Gasteiger partial charge in [-0.3, -0.25) is 25.0 Å². The maximum absolute atomic E-state index is 12.4. The van der Waals surface area contributed by atoms with Gasteiger partial charge in [0.2, 0.25) is 0 Å². The first kappa shape index (κ1) is 13.3. The van der Waals surface area contributed by atoms with Crippen molar-refractivity contribution in [2.24, 2.45) is 0 Å². The number of hydrogen-bond donors (Lipinski definition) is 1. The maximum atomic E-state index is 12.4. The van der Waals surface area contributed by atoms with Crippen molar-refractivity contribution in [2.45, 2.75) is 10.4 Å². The van der Waals surface area contributed by atoms with Crippen molar-refractivity contribution in [3.05, 3.63) is 33.4 Å². The molecule has 0 unspecified atom stereocenters. The highest BCUT2D eigenvalue weighted by molar-refractivity contribution is 8.00. The number of nitrogens with one attached hydrogen (secondary N) is 1. The van der Waals surface area contributed by atoms with Gasteiger partial charge in [0, 0.05) is 6.07 Å². The Kier molecular flexibility index (Phi) is 2.97. The van der Waals surface area contributed by atoms with Gasteiger partial charge in [0.05, 0.1) is 16.1 Å². The van der Waals surface area contributed by atoms with Gasteiger partial charge >= 0.3 is 5.51 Å². The second-order valence-corrected chi connectivity index (χ2v) is 4.50. The van der Waals surface area contributed by atoms with Crippen LogP contribution in [0.1, 0.15) is 20.7 Å². The number of nitrogens with zero attached hydrogens (tertiary/aromatic N) is 1. The zero-order chi connectivity index (χ0) is 14.4. The van der Waals surface area contributed by atoms with Crippen LogP contribution in [-0.2, 0) is 0 Å². The van der Waals surface area contributed by atoms with Gasteiger partial charge in [0.1, 0.15) is 4.90 Å². The lowest BCUT2D eigenvalue weighted by molar-refractivity contribution is -0.387. The summed E-state index contributed by atoms with van der Waals surface area (Å²) in [6, 6.07) is 1.72. The van der Waals surface area contributed by atoms with E-state index in [0.717, 1.165) is 12.1 Å². The molecule has 1 N–H and O–H groups in total. The highest BCUT2D eigenvalue weighted by Crippen LogP contribution is 2.44. The van der Waals surface area contributed by atoms with Crippen LogP contribution in [0, 0.1) is 10.1 Å². The molecule has 19 heavy (non-hydrogen) atoms. The van der Waals surface area contributed by atoms with E-state index in [1.807, 2.05) is 0 Å². The Labute approximate surface area is 107 Å². The van der Waals surface area contributed by atoms with Crippen LogP contribution in [-0.4, -0.2) is 22.2 Å². The molecule has 100 valence electrons. The third-order valence-corrected chi connectivity index (χ3v) is 3.10. The van der Waals surface area contributed by atoms with E-state index in [4.69, 9.17) is 0 Å². The van der Waals surface area contributed by atoms with Gasteiger partial charge in [0.15, 0.2) is 0 Å². The summed E-state index contributed by atoms with van der Waals surface area (Å²) in [5.41, 5.74) is -6.60. The molecule has 0 saturated carbocycles. The van der Waals surface area contributed by atoms with Gasteiger partial charge in [-0.1, -0.05) is 0 Å². The Morgan fingerprint density at radius 3 is 2.37 bits per heavy atom. The van der Waals surface area contributed by atoms with E-state index in [1.165, 1.54) is 0 Å². The van der Waals surface area contributed by atoms with Crippen LogP contribution in [0.3, 0.4) is 0 Å². The van der Waals surface area contributed by atoms with E-state index < -0.39 is 50.2 Å². The second kappa shape index (κ2) is 4.23. The van der Waals surface area contributed by atoms with E-state index in [2.05, 4.69) is 0 Å². The van der Waals surface area contributed by atoms with Gasteiger partial charge in [0.25, 0.3) is 17.5 Å². The number of hydrogen-bond acceptors (Lipinski definition) is 5. The van der Waals surface area contributed by atoms with Gasteiger partial charge in [-0.25, -0.2) is 0 Å². The standard InChI is InChI=1S/C9H3F3N2O4S/c10-9(11,12)19-6-4(14(17)18)2-1-3-5(6)8(16)13-7(3)15/h1-2H,(H,13,15,16). The average molecular weight is 292 g/mol. The molecule has 0 atom stereocenters. The number of halogens is 3. The molecule has 0 fully saturated rings. The Morgan fingerprint density at radius 1 is 1.21 bits per heavy atom. The Morgan fingerprint density at radius 2 is 1.84 bits per heavy atom. The normalized spacial score (nSPS) is 14.3. The predicted octanol–water partition coefficient (Wildman–Crippen LogP) is 2.09. The smallest absolute Gasteiger partial charge is 0.288 e. The van der Waals surface area contributed by atoms with Crippen molar-refractivity contribution in [3.63, 3.8) is 0 Å². The molecule has 0 saturated heterocycles. The van der Waals surface area contributed by atoms with Crippen molar-refractivity contribution < 1.29 is 27.7 Å². The van der Waals surface area contributed by atoms with Crippen molar-refractivity contribution in [2.75, 3.05) is 0 Å². The molecule has 1 heterocycles. The SMILES string of the molecule is O=C1NC(=O)c2c1ccc([N+](=O)[O-])c2SC(F)(F)F. The number of amides is 2. The van der Waals surface area contributed by atoms with Crippen LogP contribution in [0.25, 0.3) is 0 Å². The fourth-order valence-corrected chi connectivity index (χ4v) is 2.37. The average Bonchev–Trinajstić information content (AvgIpc) is 2.52. The first-order chi connectivity index (χ1) is 8.70. The van der Waals surface area contributed by atoms with Crippen LogP contribution < -0.4 is 5.32 Å². The summed E-state index contributed by atoms with van der Waals surface area (Å²) in [6.07, 6.45) is 0. The molecule has 1 aromatic carbocycles. The lowest BCUT2D eigenvalue weighted by atomic mass is 10.1. The van der Waals surface area contributed by atoms with Crippen LogP contribution in [0.15, 0.2) is 17.0 Å². The van der Waals surface area contributed by atoms with Crippen LogP contribution >= 0.6 is 11.8 Å². The van der Waals surface area contributed by atoms with E-state index >= 15 is 0 Å². The van der Waals surface area contributed by atoms with Crippen molar-refractivity contribution in [3.8, 4) is 0 Å². The molecule has 0 aliphatic carbocycles. The number of alkyl halides is 3. The summed E-state index contributed by atoms with van der Waals surface area (Å²) < 4.78 is 37.2. The van der Waals surface area contributed by atoms with Crippen molar-refractivity contribution in [1.29, 1.82) is 0 Å². The summed E-state index contributed by atoms with van der Waals surface area (Å²) in [6.45, 7) is 0.